The highest BCUT2D eigenvalue weighted by Gasteiger charge is 2.34. The molecule has 0 atom stereocenters. The second-order valence-corrected chi connectivity index (χ2v) is 8.37. The maximum Gasteiger partial charge on any atom is 0.269 e. The molecule has 174 valence electrons. The number of rotatable bonds is 8. The minimum atomic E-state index is -0.716. The molecule has 0 radical (unpaired) electrons. The van der Waals surface area contributed by atoms with Crippen molar-refractivity contribution in [2.75, 3.05) is 6.54 Å². The lowest BCUT2D eigenvalue weighted by atomic mass is 10.1. The van der Waals surface area contributed by atoms with Crippen LogP contribution in [0.5, 0.6) is 0 Å². The van der Waals surface area contributed by atoms with E-state index in [1.54, 1.807) is 24.3 Å². The Bertz CT molecular complexity index is 1340. The van der Waals surface area contributed by atoms with Gasteiger partial charge in [-0.3, -0.25) is 19.1 Å². The number of amides is 3. The van der Waals surface area contributed by atoms with Crippen LogP contribution in [0.25, 0.3) is 10.9 Å². The van der Waals surface area contributed by atoms with Gasteiger partial charge in [0.1, 0.15) is 12.4 Å². The van der Waals surface area contributed by atoms with Gasteiger partial charge in [-0.2, -0.15) is 10.4 Å². The van der Waals surface area contributed by atoms with E-state index < -0.39 is 17.6 Å². The highest BCUT2D eigenvalue weighted by Crippen LogP contribution is 2.27. The molecule has 0 aliphatic heterocycles. The third kappa shape index (κ3) is 4.84. The zero-order valence-corrected chi connectivity index (χ0v) is 18.7. The largest absolute Gasteiger partial charge is 0.364 e. The quantitative estimate of drug-likeness (QED) is 0.507. The number of hydrogen-bond acceptors (Lipinski definition) is 5. The molecule has 3 N–H and O–H groups in total. The Hall–Kier alpha value is -3.97. The first-order chi connectivity index (χ1) is 16.3. The molecule has 1 aliphatic rings. The molecule has 3 aromatic rings. The zero-order valence-electron chi connectivity index (χ0n) is 17.9. The van der Waals surface area contributed by atoms with E-state index in [-0.39, 0.29) is 53.4 Å². The van der Waals surface area contributed by atoms with E-state index in [1.807, 2.05) is 6.07 Å². The molecule has 9 nitrogen and oxygen atoms in total. The molecule has 2 aromatic carbocycles. The van der Waals surface area contributed by atoms with Crippen LogP contribution in [0, 0.1) is 17.1 Å². The van der Waals surface area contributed by atoms with E-state index in [2.05, 4.69) is 10.4 Å². The summed E-state index contributed by atoms with van der Waals surface area (Å²) in [5.41, 5.74) is 6.30. The Labute approximate surface area is 198 Å². The number of aromatic nitrogens is 2. The van der Waals surface area contributed by atoms with Gasteiger partial charge < -0.3 is 16.0 Å². The summed E-state index contributed by atoms with van der Waals surface area (Å²) >= 11 is 5.80. The Morgan fingerprint density at radius 1 is 1.29 bits per heavy atom. The molecular weight excluding hydrogens is 463 g/mol. The molecule has 4 rings (SSSR count). The van der Waals surface area contributed by atoms with Crippen molar-refractivity contribution in [3.63, 3.8) is 0 Å². The van der Waals surface area contributed by atoms with E-state index >= 15 is 0 Å². The fraction of sp³-hybridized carbons (Fsp3) is 0.261. The van der Waals surface area contributed by atoms with Crippen molar-refractivity contribution in [1.29, 1.82) is 5.26 Å². The number of hydrogen-bond donors (Lipinski definition) is 2. The Kier molecular flexibility index (Phi) is 6.47. The van der Waals surface area contributed by atoms with Gasteiger partial charge in [-0.05, 0) is 31.0 Å². The predicted molar refractivity (Wildman–Crippen MR) is 121 cm³/mol. The SMILES string of the molecule is N#Cc1cc(Cl)c(F)c(CNC(=O)CN(C(=O)Cn2nc(C(N)=O)c3ccccc32)C2CC2)c1. The van der Waals surface area contributed by atoms with Crippen molar-refractivity contribution in [1.82, 2.24) is 20.0 Å². The molecule has 3 amide bonds. The number of para-hydroxylation sites is 1. The Morgan fingerprint density at radius 3 is 2.71 bits per heavy atom. The van der Waals surface area contributed by atoms with Gasteiger partial charge >= 0.3 is 0 Å². The molecular formula is C23H20ClFN6O3. The lowest BCUT2D eigenvalue weighted by Crippen LogP contribution is -2.43. The third-order valence-corrected chi connectivity index (χ3v) is 5.78. The van der Waals surface area contributed by atoms with Gasteiger partial charge in [-0.15, -0.1) is 0 Å². The van der Waals surface area contributed by atoms with Gasteiger partial charge in [0.2, 0.25) is 11.8 Å². The molecule has 1 aromatic heterocycles. The second kappa shape index (κ2) is 9.49. The van der Waals surface area contributed by atoms with Crippen LogP contribution in [0.4, 0.5) is 4.39 Å². The standard InChI is InChI=1S/C23H20ClFN6O3/c24-17-8-13(9-26)7-14(21(17)25)10-28-19(32)11-30(15-5-6-15)20(33)12-31-18-4-2-1-3-16(18)22(29-31)23(27)34/h1-4,7-8,15H,5-6,10-12H2,(H2,27,34)(H,28,32). The summed E-state index contributed by atoms with van der Waals surface area (Å²) in [6, 6.07) is 11.2. The average molecular weight is 483 g/mol. The van der Waals surface area contributed by atoms with Crippen molar-refractivity contribution < 1.29 is 18.8 Å². The van der Waals surface area contributed by atoms with Gasteiger partial charge in [0.05, 0.1) is 28.7 Å². The third-order valence-electron chi connectivity index (χ3n) is 5.51. The number of fused-ring (bicyclic) bond motifs is 1. The normalized spacial score (nSPS) is 12.9. The van der Waals surface area contributed by atoms with E-state index in [1.165, 1.54) is 21.7 Å². The summed E-state index contributed by atoms with van der Waals surface area (Å²) in [7, 11) is 0. The smallest absolute Gasteiger partial charge is 0.269 e. The van der Waals surface area contributed by atoms with Crippen molar-refractivity contribution in [2.45, 2.75) is 32.0 Å². The number of primary amides is 1. The number of nitrogens with two attached hydrogens (primary N) is 1. The second-order valence-electron chi connectivity index (χ2n) is 7.96. The summed E-state index contributed by atoms with van der Waals surface area (Å²) in [6.07, 6.45) is 1.53. The van der Waals surface area contributed by atoms with Crippen LogP contribution in [0.3, 0.4) is 0 Å². The summed E-state index contributed by atoms with van der Waals surface area (Å²) in [6.45, 7) is -0.580. The van der Waals surface area contributed by atoms with Crippen LogP contribution >= 0.6 is 11.6 Å². The highest BCUT2D eigenvalue weighted by atomic mass is 35.5. The van der Waals surface area contributed by atoms with Crippen molar-refractivity contribution in [2.24, 2.45) is 5.73 Å². The van der Waals surface area contributed by atoms with E-state index in [0.717, 1.165) is 12.8 Å². The molecule has 0 saturated heterocycles. The number of carbonyl (C=O) groups is 3. The maximum absolute atomic E-state index is 14.2. The average Bonchev–Trinajstić information content (AvgIpc) is 3.59. The monoisotopic (exact) mass is 482 g/mol. The zero-order chi connectivity index (χ0) is 24.4. The fourth-order valence-electron chi connectivity index (χ4n) is 3.70. The van der Waals surface area contributed by atoms with Gasteiger partial charge in [-0.25, -0.2) is 4.39 Å². The van der Waals surface area contributed by atoms with Crippen LogP contribution in [0.15, 0.2) is 36.4 Å². The lowest BCUT2D eigenvalue weighted by Gasteiger charge is -2.22. The number of nitrogens with zero attached hydrogens (tertiary/aromatic N) is 4. The van der Waals surface area contributed by atoms with Crippen LogP contribution in [0.1, 0.15) is 34.5 Å². The van der Waals surface area contributed by atoms with E-state index in [9.17, 15) is 18.8 Å². The number of nitrogens with one attached hydrogen (secondary N) is 1. The van der Waals surface area contributed by atoms with E-state index in [0.29, 0.717) is 10.9 Å². The summed E-state index contributed by atoms with van der Waals surface area (Å²) in [4.78, 5) is 38.8. The van der Waals surface area contributed by atoms with Crippen LogP contribution < -0.4 is 11.1 Å². The molecule has 1 aliphatic carbocycles. The van der Waals surface area contributed by atoms with Crippen LogP contribution in [-0.4, -0.2) is 45.0 Å². The Balaban J connectivity index is 1.45. The molecule has 1 heterocycles. The van der Waals surface area contributed by atoms with Gasteiger partial charge in [-0.1, -0.05) is 29.8 Å². The number of carbonyl (C=O) groups excluding carboxylic acids is 3. The van der Waals surface area contributed by atoms with Crippen LogP contribution in [-0.2, 0) is 22.7 Å². The number of benzene rings is 2. The van der Waals surface area contributed by atoms with E-state index in [4.69, 9.17) is 22.6 Å². The minimum Gasteiger partial charge on any atom is -0.364 e. The van der Waals surface area contributed by atoms with Crippen molar-refractivity contribution >= 4 is 40.2 Å². The molecule has 1 saturated carbocycles. The first-order valence-corrected chi connectivity index (χ1v) is 10.9. The van der Waals surface area contributed by atoms with Gasteiger partial charge in [0, 0.05) is 23.5 Å². The van der Waals surface area contributed by atoms with Gasteiger partial charge in [0.25, 0.3) is 5.91 Å². The topological polar surface area (TPSA) is 134 Å². The number of halogens is 2. The molecule has 0 unspecified atom stereocenters. The Morgan fingerprint density at radius 2 is 2.03 bits per heavy atom. The first-order valence-electron chi connectivity index (χ1n) is 10.5. The fourth-order valence-corrected chi connectivity index (χ4v) is 3.94. The first kappa shape index (κ1) is 23.2. The predicted octanol–water partition coefficient (Wildman–Crippen LogP) is 2.11. The lowest BCUT2D eigenvalue weighted by molar-refractivity contribution is -0.137. The maximum atomic E-state index is 14.2. The minimum absolute atomic E-state index is 0.0689. The summed E-state index contributed by atoms with van der Waals surface area (Å²) < 4.78 is 15.6. The van der Waals surface area contributed by atoms with Crippen LogP contribution in [0.2, 0.25) is 5.02 Å². The summed E-state index contributed by atoms with van der Waals surface area (Å²) in [5.74, 6) is -2.25. The number of nitriles is 1. The summed E-state index contributed by atoms with van der Waals surface area (Å²) in [5, 5.41) is 16.1. The highest BCUT2D eigenvalue weighted by molar-refractivity contribution is 6.30. The molecule has 11 heteroatoms. The van der Waals surface area contributed by atoms with Crippen molar-refractivity contribution in [3.05, 3.63) is 64.1 Å². The van der Waals surface area contributed by atoms with Crippen molar-refractivity contribution in [3.8, 4) is 6.07 Å². The molecule has 0 spiro atoms. The van der Waals surface area contributed by atoms with Gasteiger partial charge in [0.15, 0.2) is 5.69 Å². The molecule has 34 heavy (non-hydrogen) atoms. The molecule has 0 bridgehead atoms. The molecule has 1 fully saturated rings.